The van der Waals surface area contributed by atoms with Gasteiger partial charge in [-0.3, -0.25) is 0 Å². The topological polar surface area (TPSA) is 76.3 Å². The standard InChI is InChI=1S/C10H17N3O3S/c1-3-17(14,15)13-6-4-5-9(7-13)10-11-8(2)12-16-10/h9H,3-7H2,1-2H3/t9-/m0/s1. The van der Waals surface area contributed by atoms with Crippen molar-refractivity contribution >= 4 is 10.0 Å². The zero-order chi connectivity index (χ0) is 12.5. The van der Waals surface area contributed by atoms with E-state index in [0.717, 1.165) is 12.8 Å². The summed E-state index contributed by atoms with van der Waals surface area (Å²) in [5.74, 6) is 1.32. The Morgan fingerprint density at radius 1 is 1.53 bits per heavy atom. The molecule has 0 N–H and O–H groups in total. The summed E-state index contributed by atoms with van der Waals surface area (Å²) in [4.78, 5) is 4.18. The van der Waals surface area contributed by atoms with Gasteiger partial charge in [-0.1, -0.05) is 5.16 Å². The number of aryl methyl sites for hydroxylation is 1. The highest BCUT2D eigenvalue weighted by Crippen LogP contribution is 2.27. The van der Waals surface area contributed by atoms with E-state index in [1.807, 2.05) is 0 Å². The van der Waals surface area contributed by atoms with Gasteiger partial charge < -0.3 is 4.52 Å². The van der Waals surface area contributed by atoms with Gasteiger partial charge in [0.25, 0.3) is 0 Å². The molecular weight excluding hydrogens is 242 g/mol. The molecule has 2 rings (SSSR count). The highest BCUT2D eigenvalue weighted by molar-refractivity contribution is 7.89. The number of aromatic nitrogens is 2. The molecule has 0 aliphatic carbocycles. The molecule has 96 valence electrons. The van der Waals surface area contributed by atoms with Crippen molar-refractivity contribution in [3.05, 3.63) is 11.7 Å². The van der Waals surface area contributed by atoms with Gasteiger partial charge in [0.1, 0.15) is 0 Å². The third-order valence-corrected chi connectivity index (χ3v) is 4.88. The zero-order valence-corrected chi connectivity index (χ0v) is 10.9. The Labute approximate surface area is 101 Å². The van der Waals surface area contributed by atoms with Crippen molar-refractivity contribution in [2.75, 3.05) is 18.8 Å². The number of hydrogen-bond donors (Lipinski definition) is 0. The molecular formula is C10H17N3O3S. The van der Waals surface area contributed by atoms with Crippen LogP contribution in [0.4, 0.5) is 0 Å². The van der Waals surface area contributed by atoms with Crippen molar-refractivity contribution in [3.8, 4) is 0 Å². The van der Waals surface area contributed by atoms with Crippen molar-refractivity contribution in [1.29, 1.82) is 0 Å². The van der Waals surface area contributed by atoms with Crippen molar-refractivity contribution in [2.24, 2.45) is 0 Å². The summed E-state index contributed by atoms with van der Waals surface area (Å²) >= 11 is 0. The first-order valence-electron chi connectivity index (χ1n) is 5.81. The Bertz CT molecular complexity index is 483. The number of sulfonamides is 1. The summed E-state index contributed by atoms with van der Waals surface area (Å²) in [6.07, 6.45) is 1.74. The Balaban J connectivity index is 2.13. The molecule has 17 heavy (non-hydrogen) atoms. The van der Waals surface area contributed by atoms with E-state index in [0.29, 0.717) is 24.8 Å². The monoisotopic (exact) mass is 259 g/mol. The van der Waals surface area contributed by atoms with Gasteiger partial charge in [-0.25, -0.2) is 12.7 Å². The number of piperidine rings is 1. The van der Waals surface area contributed by atoms with Crippen molar-refractivity contribution in [3.63, 3.8) is 0 Å². The van der Waals surface area contributed by atoms with E-state index in [4.69, 9.17) is 4.52 Å². The fraction of sp³-hybridized carbons (Fsp3) is 0.800. The summed E-state index contributed by atoms with van der Waals surface area (Å²) in [6, 6.07) is 0. The molecule has 0 radical (unpaired) electrons. The average molecular weight is 259 g/mol. The third-order valence-electron chi connectivity index (χ3n) is 3.03. The summed E-state index contributed by atoms with van der Waals surface area (Å²) in [6.45, 7) is 4.48. The smallest absolute Gasteiger partial charge is 0.231 e. The summed E-state index contributed by atoms with van der Waals surface area (Å²) in [5.41, 5.74) is 0. The molecule has 2 heterocycles. The van der Waals surface area contributed by atoms with Gasteiger partial charge in [0.15, 0.2) is 5.82 Å². The van der Waals surface area contributed by atoms with Crippen molar-refractivity contribution in [2.45, 2.75) is 32.6 Å². The largest absolute Gasteiger partial charge is 0.339 e. The van der Waals surface area contributed by atoms with E-state index < -0.39 is 10.0 Å². The van der Waals surface area contributed by atoms with Crippen LogP contribution in [-0.4, -0.2) is 41.7 Å². The molecule has 1 aromatic heterocycles. The molecule has 1 aliphatic heterocycles. The first kappa shape index (κ1) is 12.5. The van der Waals surface area contributed by atoms with E-state index in [1.54, 1.807) is 13.8 Å². The second kappa shape index (κ2) is 4.73. The molecule has 0 spiro atoms. The molecule has 0 saturated carbocycles. The lowest BCUT2D eigenvalue weighted by Gasteiger charge is -2.29. The summed E-state index contributed by atoms with van der Waals surface area (Å²) in [7, 11) is -3.11. The minimum atomic E-state index is -3.11. The van der Waals surface area contributed by atoms with Gasteiger partial charge in [0, 0.05) is 13.1 Å². The maximum absolute atomic E-state index is 11.8. The van der Waals surface area contributed by atoms with Gasteiger partial charge in [-0.2, -0.15) is 4.98 Å². The van der Waals surface area contributed by atoms with Gasteiger partial charge >= 0.3 is 0 Å². The summed E-state index contributed by atoms with van der Waals surface area (Å²) in [5, 5.41) is 3.75. The van der Waals surface area contributed by atoms with E-state index in [1.165, 1.54) is 4.31 Å². The van der Waals surface area contributed by atoms with Crippen molar-refractivity contribution in [1.82, 2.24) is 14.4 Å². The average Bonchev–Trinajstić information content (AvgIpc) is 2.76. The van der Waals surface area contributed by atoms with E-state index in [-0.39, 0.29) is 11.7 Å². The predicted molar refractivity (Wildman–Crippen MR) is 62.0 cm³/mol. The second-order valence-electron chi connectivity index (χ2n) is 4.28. The van der Waals surface area contributed by atoms with Crippen LogP contribution in [-0.2, 0) is 10.0 Å². The Kier molecular flexibility index (Phi) is 3.48. The van der Waals surface area contributed by atoms with Gasteiger partial charge in [-0.15, -0.1) is 0 Å². The van der Waals surface area contributed by atoms with Crippen LogP contribution in [0.5, 0.6) is 0 Å². The number of rotatable bonds is 3. The maximum Gasteiger partial charge on any atom is 0.231 e. The first-order chi connectivity index (χ1) is 8.03. The fourth-order valence-electron chi connectivity index (χ4n) is 2.06. The second-order valence-corrected chi connectivity index (χ2v) is 6.54. The van der Waals surface area contributed by atoms with Crippen LogP contribution in [0.3, 0.4) is 0 Å². The molecule has 1 fully saturated rings. The van der Waals surface area contributed by atoms with E-state index >= 15 is 0 Å². The Hall–Kier alpha value is -0.950. The van der Waals surface area contributed by atoms with Crippen LogP contribution in [0.2, 0.25) is 0 Å². The molecule has 0 aromatic carbocycles. The van der Waals surface area contributed by atoms with E-state index in [9.17, 15) is 8.42 Å². The van der Waals surface area contributed by atoms with Gasteiger partial charge in [0.2, 0.25) is 15.9 Å². The Morgan fingerprint density at radius 2 is 2.29 bits per heavy atom. The molecule has 1 aromatic rings. The third kappa shape index (κ3) is 2.66. The molecule has 1 saturated heterocycles. The van der Waals surface area contributed by atoms with Crippen molar-refractivity contribution < 1.29 is 12.9 Å². The highest BCUT2D eigenvalue weighted by Gasteiger charge is 2.31. The molecule has 1 atom stereocenters. The van der Waals surface area contributed by atoms with Crippen LogP contribution < -0.4 is 0 Å². The first-order valence-corrected chi connectivity index (χ1v) is 7.42. The van der Waals surface area contributed by atoms with Crippen LogP contribution >= 0.6 is 0 Å². The molecule has 0 bridgehead atoms. The molecule has 6 nitrogen and oxygen atoms in total. The van der Waals surface area contributed by atoms with Crippen LogP contribution in [0.1, 0.15) is 37.4 Å². The zero-order valence-electron chi connectivity index (χ0n) is 10.1. The SMILES string of the molecule is CCS(=O)(=O)N1CCC[C@H](c2nc(C)no2)C1. The Morgan fingerprint density at radius 3 is 2.88 bits per heavy atom. The van der Waals surface area contributed by atoms with Gasteiger partial charge in [0.05, 0.1) is 11.7 Å². The number of hydrogen-bond acceptors (Lipinski definition) is 5. The molecule has 0 amide bonds. The minimum Gasteiger partial charge on any atom is -0.339 e. The van der Waals surface area contributed by atoms with Crippen LogP contribution in [0, 0.1) is 6.92 Å². The lowest BCUT2D eigenvalue weighted by atomic mass is 10.00. The molecule has 1 aliphatic rings. The minimum absolute atomic E-state index is 0.0336. The van der Waals surface area contributed by atoms with Crippen LogP contribution in [0.15, 0.2) is 4.52 Å². The highest BCUT2D eigenvalue weighted by atomic mass is 32.2. The number of nitrogens with zero attached hydrogens (tertiary/aromatic N) is 3. The fourth-order valence-corrected chi connectivity index (χ4v) is 3.24. The predicted octanol–water partition coefficient (Wildman–Crippen LogP) is 0.907. The van der Waals surface area contributed by atoms with Gasteiger partial charge in [-0.05, 0) is 26.7 Å². The quantitative estimate of drug-likeness (QED) is 0.806. The summed E-state index contributed by atoms with van der Waals surface area (Å²) < 4.78 is 30.2. The lowest BCUT2D eigenvalue weighted by molar-refractivity contribution is 0.265. The normalized spacial score (nSPS) is 22.8. The van der Waals surface area contributed by atoms with Crippen LogP contribution in [0.25, 0.3) is 0 Å². The molecule has 0 unspecified atom stereocenters. The van der Waals surface area contributed by atoms with E-state index in [2.05, 4.69) is 10.1 Å². The molecule has 7 heteroatoms. The lowest BCUT2D eigenvalue weighted by Crippen LogP contribution is -2.39. The maximum atomic E-state index is 11.8.